The number of carbonyl (C=O) groups excluding carboxylic acids is 1. The molecule has 0 radical (unpaired) electrons. The van der Waals surface area contributed by atoms with E-state index in [1.54, 1.807) is 13.3 Å². The van der Waals surface area contributed by atoms with Crippen molar-refractivity contribution >= 4 is 11.5 Å². The standard InChI is InChI=1S/C18H20N2O2/c1-22-14-10-8-13(9-11-14)20-18(15-5-4-7-17(15)21)16-6-2-3-12-19-16/h2-3,6,8-12,15,18,20H,4-5,7H2,1H3. The van der Waals surface area contributed by atoms with Crippen LogP contribution >= 0.6 is 0 Å². The lowest BCUT2D eigenvalue weighted by Crippen LogP contribution is -2.24. The normalized spacial score (nSPS) is 19.0. The van der Waals surface area contributed by atoms with E-state index in [1.807, 2.05) is 42.5 Å². The number of nitrogens with zero attached hydrogens (tertiary/aromatic N) is 1. The number of methoxy groups -OCH3 is 1. The van der Waals surface area contributed by atoms with Crippen LogP contribution in [-0.4, -0.2) is 17.9 Å². The molecule has 4 nitrogen and oxygen atoms in total. The second-order valence-electron chi connectivity index (χ2n) is 5.57. The average molecular weight is 296 g/mol. The Kier molecular flexibility index (Phi) is 4.37. The fourth-order valence-electron chi connectivity index (χ4n) is 3.00. The summed E-state index contributed by atoms with van der Waals surface area (Å²) >= 11 is 0. The van der Waals surface area contributed by atoms with Crippen molar-refractivity contribution < 1.29 is 9.53 Å². The fourth-order valence-corrected chi connectivity index (χ4v) is 3.00. The van der Waals surface area contributed by atoms with Gasteiger partial charge in [-0.25, -0.2) is 0 Å². The maximum Gasteiger partial charge on any atom is 0.138 e. The summed E-state index contributed by atoms with van der Waals surface area (Å²) in [5.74, 6) is 1.14. The van der Waals surface area contributed by atoms with Crippen LogP contribution in [0.4, 0.5) is 5.69 Å². The van der Waals surface area contributed by atoms with Crippen molar-refractivity contribution in [1.29, 1.82) is 0 Å². The Labute approximate surface area is 130 Å². The lowest BCUT2D eigenvalue weighted by atomic mass is 9.93. The number of nitrogens with one attached hydrogen (secondary N) is 1. The van der Waals surface area contributed by atoms with Crippen molar-refractivity contribution in [2.24, 2.45) is 5.92 Å². The molecule has 1 aromatic carbocycles. The summed E-state index contributed by atoms with van der Waals surface area (Å²) in [6, 6.07) is 13.5. The third kappa shape index (κ3) is 3.11. The van der Waals surface area contributed by atoms with Gasteiger partial charge in [0.1, 0.15) is 11.5 Å². The topological polar surface area (TPSA) is 51.2 Å². The molecule has 114 valence electrons. The first-order valence-electron chi connectivity index (χ1n) is 7.62. The van der Waals surface area contributed by atoms with Crippen LogP contribution in [-0.2, 0) is 4.79 Å². The van der Waals surface area contributed by atoms with Gasteiger partial charge < -0.3 is 10.1 Å². The molecule has 4 heteroatoms. The smallest absolute Gasteiger partial charge is 0.138 e. The van der Waals surface area contributed by atoms with Gasteiger partial charge in [-0.15, -0.1) is 0 Å². The number of benzene rings is 1. The Morgan fingerprint density at radius 3 is 2.64 bits per heavy atom. The molecule has 1 aliphatic rings. The van der Waals surface area contributed by atoms with E-state index in [-0.39, 0.29) is 12.0 Å². The predicted molar refractivity (Wildman–Crippen MR) is 85.9 cm³/mol. The highest BCUT2D eigenvalue weighted by Gasteiger charge is 2.33. The minimum Gasteiger partial charge on any atom is -0.497 e. The first kappa shape index (κ1) is 14.6. The number of ether oxygens (including phenoxy) is 1. The molecule has 0 aliphatic heterocycles. The van der Waals surface area contributed by atoms with E-state index in [4.69, 9.17) is 4.74 Å². The molecule has 0 saturated heterocycles. The van der Waals surface area contributed by atoms with Gasteiger partial charge in [0.2, 0.25) is 0 Å². The third-order valence-corrected chi connectivity index (χ3v) is 4.17. The molecule has 1 heterocycles. The first-order valence-corrected chi connectivity index (χ1v) is 7.62. The van der Waals surface area contributed by atoms with E-state index in [0.717, 1.165) is 30.0 Å². The number of carbonyl (C=O) groups is 1. The quantitative estimate of drug-likeness (QED) is 0.915. The molecule has 2 atom stereocenters. The highest BCUT2D eigenvalue weighted by molar-refractivity contribution is 5.84. The van der Waals surface area contributed by atoms with Gasteiger partial charge in [0.15, 0.2) is 0 Å². The van der Waals surface area contributed by atoms with Crippen LogP contribution in [0.2, 0.25) is 0 Å². The third-order valence-electron chi connectivity index (χ3n) is 4.17. The van der Waals surface area contributed by atoms with Gasteiger partial charge in [0.25, 0.3) is 0 Å². The maximum absolute atomic E-state index is 12.2. The molecule has 3 rings (SSSR count). The summed E-state index contributed by atoms with van der Waals surface area (Å²) in [7, 11) is 1.65. The van der Waals surface area contributed by atoms with Gasteiger partial charge in [-0.2, -0.15) is 0 Å². The highest BCUT2D eigenvalue weighted by Crippen LogP contribution is 2.35. The van der Waals surface area contributed by atoms with Crippen molar-refractivity contribution in [3.63, 3.8) is 0 Å². The van der Waals surface area contributed by atoms with Crippen LogP contribution in [0.1, 0.15) is 31.0 Å². The zero-order valence-electron chi connectivity index (χ0n) is 12.7. The number of Topliss-reactive ketones (excluding diaryl/α,β-unsaturated/α-hetero) is 1. The van der Waals surface area contributed by atoms with E-state index in [1.165, 1.54) is 0 Å². The van der Waals surface area contributed by atoms with E-state index in [0.29, 0.717) is 12.2 Å². The van der Waals surface area contributed by atoms with E-state index in [9.17, 15) is 4.79 Å². The van der Waals surface area contributed by atoms with Crippen LogP contribution < -0.4 is 10.1 Å². The Balaban J connectivity index is 1.86. The molecule has 1 saturated carbocycles. The average Bonchev–Trinajstić information content (AvgIpc) is 3.00. The fraction of sp³-hybridized carbons (Fsp3) is 0.333. The minimum absolute atomic E-state index is 0.00278. The summed E-state index contributed by atoms with van der Waals surface area (Å²) < 4.78 is 5.18. The molecule has 2 aromatic rings. The lowest BCUT2D eigenvalue weighted by Gasteiger charge is -2.24. The van der Waals surface area contributed by atoms with Crippen LogP contribution in [0, 0.1) is 5.92 Å². The molecule has 0 spiro atoms. The summed E-state index contributed by atoms with van der Waals surface area (Å²) in [4.78, 5) is 16.6. The summed E-state index contributed by atoms with van der Waals surface area (Å²) in [5.41, 5.74) is 1.88. The van der Waals surface area contributed by atoms with Crippen molar-refractivity contribution in [2.45, 2.75) is 25.3 Å². The Morgan fingerprint density at radius 2 is 2.05 bits per heavy atom. The van der Waals surface area contributed by atoms with E-state index in [2.05, 4.69) is 10.3 Å². The van der Waals surface area contributed by atoms with Crippen LogP contribution in [0.25, 0.3) is 0 Å². The van der Waals surface area contributed by atoms with Crippen molar-refractivity contribution in [1.82, 2.24) is 4.98 Å². The molecule has 22 heavy (non-hydrogen) atoms. The number of hydrogen-bond donors (Lipinski definition) is 1. The summed E-state index contributed by atoms with van der Waals surface area (Å²) in [5, 5.41) is 3.48. The maximum atomic E-state index is 12.2. The number of rotatable bonds is 5. The van der Waals surface area contributed by atoms with Crippen LogP contribution in [0.3, 0.4) is 0 Å². The highest BCUT2D eigenvalue weighted by atomic mass is 16.5. The minimum atomic E-state index is -0.0791. The predicted octanol–water partition coefficient (Wildman–Crippen LogP) is 3.61. The van der Waals surface area contributed by atoms with Gasteiger partial charge in [0.05, 0.1) is 18.8 Å². The van der Waals surface area contributed by atoms with Crippen molar-refractivity contribution in [2.75, 3.05) is 12.4 Å². The first-order chi connectivity index (χ1) is 10.8. The van der Waals surface area contributed by atoms with Gasteiger partial charge in [-0.3, -0.25) is 9.78 Å². The van der Waals surface area contributed by atoms with Crippen LogP contribution in [0.15, 0.2) is 48.7 Å². The van der Waals surface area contributed by atoms with Crippen molar-refractivity contribution in [3.8, 4) is 5.75 Å². The molecular formula is C18H20N2O2. The molecule has 1 aliphatic carbocycles. The van der Waals surface area contributed by atoms with Gasteiger partial charge in [-0.05, 0) is 49.2 Å². The van der Waals surface area contributed by atoms with Gasteiger partial charge in [-0.1, -0.05) is 6.07 Å². The van der Waals surface area contributed by atoms with Gasteiger partial charge >= 0.3 is 0 Å². The summed E-state index contributed by atoms with van der Waals surface area (Å²) in [6.07, 6.45) is 4.34. The Hall–Kier alpha value is -2.36. The second kappa shape index (κ2) is 6.60. The molecule has 1 aromatic heterocycles. The molecular weight excluding hydrogens is 276 g/mol. The summed E-state index contributed by atoms with van der Waals surface area (Å²) in [6.45, 7) is 0. The zero-order valence-corrected chi connectivity index (χ0v) is 12.7. The van der Waals surface area contributed by atoms with E-state index >= 15 is 0 Å². The number of aromatic nitrogens is 1. The number of pyridine rings is 1. The monoisotopic (exact) mass is 296 g/mol. The Morgan fingerprint density at radius 1 is 1.23 bits per heavy atom. The second-order valence-corrected chi connectivity index (χ2v) is 5.57. The molecule has 1 fully saturated rings. The largest absolute Gasteiger partial charge is 0.497 e. The van der Waals surface area contributed by atoms with Crippen LogP contribution in [0.5, 0.6) is 5.75 Å². The number of hydrogen-bond acceptors (Lipinski definition) is 4. The Bertz CT molecular complexity index is 625. The number of ketones is 1. The molecule has 2 unspecified atom stereocenters. The lowest BCUT2D eigenvalue weighted by molar-refractivity contribution is -0.121. The van der Waals surface area contributed by atoms with Crippen molar-refractivity contribution in [3.05, 3.63) is 54.4 Å². The SMILES string of the molecule is COc1ccc(NC(c2ccccn2)C2CCCC2=O)cc1. The zero-order chi connectivity index (χ0) is 15.4. The molecule has 0 bridgehead atoms. The molecule has 1 N–H and O–H groups in total. The molecule has 0 amide bonds. The van der Waals surface area contributed by atoms with Gasteiger partial charge in [0, 0.05) is 24.2 Å². The van der Waals surface area contributed by atoms with E-state index < -0.39 is 0 Å². The number of anilines is 1.